The van der Waals surface area contributed by atoms with Gasteiger partial charge < -0.3 is 0 Å². The molecule has 0 amide bonds. The van der Waals surface area contributed by atoms with Crippen LogP contribution in [-0.4, -0.2) is 14.2 Å². The van der Waals surface area contributed by atoms with Crippen molar-refractivity contribution in [2.75, 3.05) is 14.2 Å². The van der Waals surface area contributed by atoms with Crippen LogP contribution in [0.5, 0.6) is 0 Å². The summed E-state index contributed by atoms with van der Waals surface area (Å²) in [6.45, 7) is 8.75. The molecule has 0 bridgehead atoms. The first-order valence-corrected chi connectivity index (χ1v) is 7.19. The molecule has 0 atom stereocenters. The van der Waals surface area contributed by atoms with E-state index in [-0.39, 0.29) is 0 Å². The van der Waals surface area contributed by atoms with Gasteiger partial charge in [0.1, 0.15) is 0 Å². The van der Waals surface area contributed by atoms with Crippen molar-refractivity contribution in [1.29, 1.82) is 0 Å². The molecule has 0 fully saturated rings. The molecule has 0 saturated heterocycles. The number of hydrogen-bond acceptors (Lipinski definition) is 2. The van der Waals surface area contributed by atoms with Gasteiger partial charge in [0.15, 0.2) is 0 Å². The van der Waals surface area contributed by atoms with Crippen molar-refractivity contribution in [3.63, 3.8) is 0 Å². The Morgan fingerprint density at radius 1 is 0.818 bits per heavy atom. The molecule has 0 aromatic carbocycles. The van der Waals surface area contributed by atoms with Gasteiger partial charge in [0.25, 0.3) is 0 Å². The van der Waals surface area contributed by atoms with Gasteiger partial charge in [-0.05, 0) is 0 Å². The van der Waals surface area contributed by atoms with Gasteiger partial charge in [-0.25, -0.2) is 0 Å². The van der Waals surface area contributed by atoms with Gasteiger partial charge in [0, 0.05) is 0 Å². The Bertz CT molecular complexity index is 98.7. The predicted molar refractivity (Wildman–Crippen MR) is 44.2 cm³/mol. The molecule has 2 nitrogen and oxygen atoms in total. The van der Waals surface area contributed by atoms with Gasteiger partial charge in [-0.3, -0.25) is 0 Å². The predicted octanol–water partition coefficient (Wildman–Crippen LogP) is 2.92. The van der Waals surface area contributed by atoms with E-state index in [1.165, 1.54) is 0 Å². The molecule has 0 heterocycles. The third kappa shape index (κ3) is 2.28. The maximum absolute atomic E-state index is 5.58. The fourth-order valence-corrected chi connectivity index (χ4v) is 6.98. The van der Waals surface area contributed by atoms with E-state index in [1.54, 1.807) is 14.2 Å². The van der Waals surface area contributed by atoms with E-state index < -0.39 is 17.4 Å². The quantitative estimate of drug-likeness (QED) is 0.643. The first-order chi connectivity index (χ1) is 5.01. The topological polar surface area (TPSA) is 18.5 Å². The van der Waals surface area contributed by atoms with Crippen LogP contribution in [-0.2, 0) is 24.0 Å². The second-order valence-corrected chi connectivity index (χ2v) is 10.6. The summed E-state index contributed by atoms with van der Waals surface area (Å²) in [5.74, 6) is 0. The second-order valence-electron chi connectivity index (χ2n) is 3.44. The van der Waals surface area contributed by atoms with Crippen LogP contribution in [0.25, 0.3) is 0 Å². The Balaban J connectivity index is 4.46. The average Bonchev–Trinajstić information content (AvgIpc) is 1.90. The first kappa shape index (κ1) is 11.6. The van der Waals surface area contributed by atoms with Crippen molar-refractivity contribution in [2.45, 2.75) is 36.1 Å². The molecule has 0 aromatic rings. The summed E-state index contributed by atoms with van der Waals surface area (Å²) in [5.41, 5.74) is 0. The van der Waals surface area contributed by atoms with Crippen LogP contribution in [0.4, 0.5) is 0 Å². The third-order valence-corrected chi connectivity index (χ3v) is 9.27. The second kappa shape index (κ2) is 4.61. The fourth-order valence-electron chi connectivity index (χ4n) is 1.69. The van der Waals surface area contributed by atoms with Crippen molar-refractivity contribution in [1.82, 2.24) is 0 Å². The zero-order valence-corrected chi connectivity index (χ0v) is 10.0. The van der Waals surface area contributed by atoms with Crippen molar-refractivity contribution in [2.24, 2.45) is 0 Å². The van der Waals surface area contributed by atoms with Crippen molar-refractivity contribution in [3.8, 4) is 0 Å². The van der Waals surface area contributed by atoms with Gasteiger partial charge >= 0.3 is 74.4 Å². The summed E-state index contributed by atoms with van der Waals surface area (Å²) in [4.78, 5) is 0. The van der Waals surface area contributed by atoms with E-state index in [4.69, 9.17) is 6.64 Å². The number of rotatable bonds is 4. The normalized spacial score (nSPS) is 13.1. The SMILES string of the molecule is C[O][Ti]([O]C)([CH](C)C)[CH](C)C. The molecule has 0 aliphatic carbocycles. The van der Waals surface area contributed by atoms with E-state index >= 15 is 0 Å². The molecule has 0 rings (SSSR count). The summed E-state index contributed by atoms with van der Waals surface area (Å²) < 4.78 is 12.3. The molecule has 3 heteroatoms. The Labute approximate surface area is 74.6 Å². The zero-order chi connectivity index (χ0) is 9.07. The van der Waals surface area contributed by atoms with Crippen molar-refractivity contribution >= 4 is 0 Å². The van der Waals surface area contributed by atoms with Gasteiger partial charge in [0.2, 0.25) is 0 Å². The van der Waals surface area contributed by atoms with E-state index in [0.717, 1.165) is 0 Å². The molecule has 0 aliphatic heterocycles. The average molecular weight is 196 g/mol. The van der Waals surface area contributed by atoms with Gasteiger partial charge in [-0.1, -0.05) is 0 Å². The van der Waals surface area contributed by atoms with Crippen LogP contribution >= 0.6 is 0 Å². The maximum atomic E-state index is 5.58. The Morgan fingerprint density at radius 3 is 1.09 bits per heavy atom. The molecule has 0 aromatic heterocycles. The van der Waals surface area contributed by atoms with Crippen LogP contribution in [0.15, 0.2) is 0 Å². The summed E-state index contributed by atoms with van der Waals surface area (Å²) in [6, 6.07) is 0. The molecule has 0 spiro atoms. The van der Waals surface area contributed by atoms with E-state index in [9.17, 15) is 0 Å². The zero-order valence-electron chi connectivity index (χ0n) is 8.47. The molecule has 0 unspecified atom stereocenters. The van der Waals surface area contributed by atoms with E-state index in [0.29, 0.717) is 8.45 Å². The van der Waals surface area contributed by atoms with E-state index in [2.05, 4.69) is 27.7 Å². The van der Waals surface area contributed by atoms with Crippen LogP contribution in [0.1, 0.15) is 27.7 Å². The van der Waals surface area contributed by atoms with Gasteiger partial charge in [-0.2, -0.15) is 0 Å². The van der Waals surface area contributed by atoms with Crippen LogP contribution in [0, 0.1) is 0 Å². The van der Waals surface area contributed by atoms with Crippen LogP contribution in [0.2, 0.25) is 8.45 Å². The minimum absolute atomic E-state index is 0.560. The molecule has 11 heavy (non-hydrogen) atoms. The summed E-state index contributed by atoms with van der Waals surface area (Å²) >= 11 is -2.42. The molecular weight excluding hydrogens is 176 g/mol. The van der Waals surface area contributed by atoms with Crippen LogP contribution < -0.4 is 0 Å². The molecule has 0 radical (unpaired) electrons. The first-order valence-electron chi connectivity index (χ1n) is 4.11. The van der Waals surface area contributed by atoms with Gasteiger partial charge in [-0.15, -0.1) is 0 Å². The standard InChI is InChI=1S/2C3H7.2CH3O.Ti/c2*1-3-2;2*1-2;/h2*3H,1-2H3;2*1H3;/q;;2*-1;+2. The fraction of sp³-hybridized carbons (Fsp3) is 1.00. The van der Waals surface area contributed by atoms with Gasteiger partial charge in [0.05, 0.1) is 0 Å². The van der Waals surface area contributed by atoms with Crippen molar-refractivity contribution in [3.05, 3.63) is 0 Å². The molecular formula is C8H20O2Ti. The Morgan fingerprint density at radius 2 is 1.09 bits per heavy atom. The summed E-state index contributed by atoms with van der Waals surface area (Å²) in [5, 5.41) is 0. The monoisotopic (exact) mass is 196 g/mol. The summed E-state index contributed by atoms with van der Waals surface area (Å²) in [7, 11) is 3.56. The van der Waals surface area contributed by atoms with Crippen molar-refractivity contribution < 1.29 is 24.0 Å². The van der Waals surface area contributed by atoms with Crippen LogP contribution in [0.3, 0.4) is 0 Å². The third-order valence-electron chi connectivity index (χ3n) is 2.25. The summed E-state index contributed by atoms with van der Waals surface area (Å²) in [6.07, 6.45) is 0. The minimum atomic E-state index is -2.42. The Kier molecular flexibility index (Phi) is 4.87. The number of hydrogen-bond donors (Lipinski definition) is 0. The van der Waals surface area contributed by atoms with E-state index in [1.807, 2.05) is 0 Å². The molecule has 0 N–H and O–H groups in total. The Hall–Kier alpha value is 0.634. The molecule has 0 aliphatic rings. The molecule has 0 saturated carbocycles. The molecule has 68 valence electrons.